The zero-order valence-corrected chi connectivity index (χ0v) is 16.3. The summed E-state index contributed by atoms with van der Waals surface area (Å²) in [5.74, 6) is -1.28. The molecule has 0 saturated heterocycles. The molecule has 4 nitrogen and oxygen atoms in total. The number of carbonyl (C=O) groups excluding carboxylic acids is 1. The number of halogens is 3. The predicted molar refractivity (Wildman–Crippen MR) is 111 cm³/mol. The number of nitrogens with one attached hydrogen (secondary N) is 1. The number of carbonyl (C=O) groups is 1. The average Bonchev–Trinajstić information content (AvgIpc) is 2.74. The van der Waals surface area contributed by atoms with Crippen LogP contribution in [0.5, 0.6) is 5.75 Å². The average molecular weight is 425 g/mol. The van der Waals surface area contributed by atoms with Gasteiger partial charge < -0.3 is 10.1 Å². The van der Waals surface area contributed by atoms with Gasteiger partial charge >= 0.3 is 0 Å². The summed E-state index contributed by atoms with van der Waals surface area (Å²) in [5, 5.41) is 11.9. The van der Waals surface area contributed by atoms with Crippen molar-refractivity contribution in [3.63, 3.8) is 0 Å². The van der Waals surface area contributed by atoms with Crippen LogP contribution in [-0.4, -0.2) is 5.91 Å². The molecular weight excluding hydrogens is 410 g/mol. The lowest BCUT2D eigenvalue weighted by Gasteiger charge is -2.09. The third kappa shape index (κ3) is 5.43. The Morgan fingerprint density at radius 2 is 1.83 bits per heavy atom. The Kier molecular flexibility index (Phi) is 6.79. The van der Waals surface area contributed by atoms with E-state index in [0.717, 1.165) is 5.56 Å². The van der Waals surface area contributed by atoms with Gasteiger partial charge in [-0.2, -0.15) is 5.26 Å². The SMILES string of the molecule is N#C/C(=C\c1ccc(OCc2ccc(F)cc2)c(Cl)c1)C(=O)Nc1ccccc1F. The Hall–Kier alpha value is -3.69. The van der Waals surface area contributed by atoms with Crippen LogP contribution in [0.1, 0.15) is 11.1 Å². The fourth-order valence-electron chi connectivity index (χ4n) is 2.53. The molecule has 0 aliphatic carbocycles. The molecule has 0 atom stereocenters. The molecule has 0 heterocycles. The molecule has 30 heavy (non-hydrogen) atoms. The highest BCUT2D eigenvalue weighted by atomic mass is 35.5. The van der Waals surface area contributed by atoms with Crippen LogP contribution in [0.2, 0.25) is 5.02 Å². The first-order valence-corrected chi connectivity index (χ1v) is 9.18. The highest BCUT2D eigenvalue weighted by Gasteiger charge is 2.12. The third-order valence-corrected chi connectivity index (χ3v) is 4.36. The van der Waals surface area contributed by atoms with Gasteiger partial charge in [0.05, 0.1) is 10.7 Å². The summed E-state index contributed by atoms with van der Waals surface area (Å²) in [6.45, 7) is 0.198. The van der Waals surface area contributed by atoms with Crippen LogP contribution in [-0.2, 0) is 11.4 Å². The normalized spacial score (nSPS) is 10.9. The Bertz CT molecular complexity index is 1140. The number of rotatable bonds is 6. The first-order chi connectivity index (χ1) is 14.5. The van der Waals surface area contributed by atoms with Gasteiger partial charge in [-0.3, -0.25) is 4.79 Å². The molecule has 0 radical (unpaired) electrons. The first kappa shape index (κ1) is 21.0. The number of para-hydroxylation sites is 1. The highest BCUT2D eigenvalue weighted by Crippen LogP contribution is 2.27. The lowest BCUT2D eigenvalue weighted by Crippen LogP contribution is -2.14. The summed E-state index contributed by atoms with van der Waals surface area (Å²) >= 11 is 6.23. The number of ether oxygens (including phenoxy) is 1. The molecular formula is C23H15ClF2N2O2. The summed E-state index contributed by atoms with van der Waals surface area (Å²) in [6.07, 6.45) is 1.34. The van der Waals surface area contributed by atoms with Gasteiger partial charge in [0.1, 0.15) is 35.6 Å². The molecule has 0 bridgehead atoms. The minimum absolute atomic E-state index is 0.0220. The van der Waals surface area contributed by atoms with Gasteiger partial charge in [-0.1, -0.05) is 41.9 Å². The van der Waals surface area contributed by atoms with E-state index in [9.17, 15) is 18.8 Å². The van der Waals surface area contributed by atoms with Gasteiger partial charge in [0.15, 0.2) is 0 Å². The van der Waals surface area contributed by atoms with Crippen molar-refractivity contribution in [1.82, 2.24) is 0 Å². The summed E-state index contributed by atoms with van der Waals surface area (Å²) < 4.78 is 32.3. The van der Waals surface area contributed by atoms with Crippen molar-refractivity contribution in [3.05, 3.63) is 100 Å². The van der Waals surface area contributed by atoms with E-state index in [1.807, 2.05) is 0 Å². The second kappa shape index (κ2) is 9.68. The van der Waals surface area contributed by atoms with Crippen LogP contribution in [0, 0.1) is 23.0 Å². The molecule has 3 rings (SSSR count). The molecule has 0 aromatic heterocycles. The Balaban J connectivity index is 1.71. The molecule has 0 unspecified atom stereocenters. The topological polar surface area (TPSA) is 62.1 Å². The van der Waals surface area contributed by atoms with Gasteiger partial charge in [-0.25, -0.2) is 8.78 Å². The minimum Gasteiger partial charge on any atom is -0.487 e. The molecule has 0 aliphatic rings. The molecule has 0 fully saturated rings. The maximum Gasteiger partial charge on any atom is 0.266 e. The summed E-state index contributed by atoms with van der Waals surface area (Å²) in [4.78, 5) is 12.3. The monoisotopic (exact) mass is 424 g/mol. The van der Waals surface area contributed by atoms with E-state index >= 15 is 0 Å². The second-order valence-corrected chi connectivity index (χ2v) is 6.62. The van der Waals surface area contributed by atoms with Gasteiger partial charge in [-0.15, -0.1) is 0 Å². The Morgan fingerprint density at radius 1 is 1.10 bits per heavy atom. The maximum absolute atomic E-state index is 13.7. The molecule has 0 spiro atoms. The number of nitrogens with zero attached hydrogens (tertiary/aromatic N) is 1. The summed E-state index contributed by atoms with van der Waals surface area (Å²) in [5.41, 5.74) is 1.03. The molecule has 1 amide bonds. The Morgan fingerprint density at radius 3 is 2.50 bits per heavy atom. The van der Waals surface area contributed by atoms with E-state index in [1.165, 1.54) is 42.5 Å². The van der Waals surface area contributed by atoms with E-state index in [-0.39, 0.29) is 28.7 Å². The van der Waals surface area contributed by atoms with Crippen LogP contribution in [0.25, 0.3) is 6.08 Å². The maximum atomic E-state index is 13.7. The van der Waals surface area contributed by atoms with Crippen molar-refractivity contribution < 1.29 is 18.3 Å². The Labute approximate surface area is 177 Å². The van der Waals surface area contributed by atoms with Crippen LogP contribution < -0.4 is 10.1 Å². The molecule has 0 aliphatic heterocycles. The fraction of sp³-hybridized carbons (Fsp3) is 0.0435. The van der Waals surface area contributed by atoms with Crippen molar-refractivity contribution in [2.45, 2.75) is 6.61 Å². The van der Waals surface area contributed by atoms with E-state index in [0.29, 0.717) is 11.3 Å². The smallest absolute Gasteiger partial charge is 0.266 e. The molecule has 3 aromatic rings. The van der Waals surface area contributed by atoms with Crippen molar-refractivity contribution >= 4 is 29.3 Å². The summed E-state index contributed by atoms with van der Waals surface area (Å²) in [6, 6.07) is 18.1. The van der Waals surface area contributed by atoms with Crippen LogP contribution in [0.15, 0.2) is 72.3 Å². The van der Waals surface area contributed by atoms with Gasteiger partial charge in [0, 0.05) is 0 Å². The zero-order chi connectivity index (χ0) is 21.5. The zero-order valence-electron chi connectivity index (χ0n) is 15.5. The lowest BCUT2D eigenvalue weighted by molar-refractivity contribution is -0.112. The van der Waals surface area contributed by atoms with Crippen molar-refractivity contribution in [2.24, 2.45) is 0 Å². The predicted octanol–water partition coefficient (Wildman–Crippen LogP) is 5.74. The summed E-state index contributed by atoms with van der Waals surface area (Å²) in [7, 11) is 0. The molecule has 150 valence electrons. The van der Waals surface area contributed by atoms with E-state index in [1.54, 1.807) is 36.4 Å². The first-order valence-electron chi connectivity index (χ1n) is 8.81. The van der Waals surface area contributed by atoms with Crippen LogP contribution >= 0.6 is 11.6 Å². The van der Waals surface area contributed by atoms with E-state index in [2.05, 4.69) is 5.32 Å². The largest absolute Gasteiger partial charge is 0.487 e. The molecule has 1 N–H and O–H groups in total. The lowest BCUT2D eigenvalue weighted by atomic mass is 10.1. The minimum atomic E-state index is -0.740. The molecule has 3 aromatic carbocycles. The van der Waals surface area contributed by atoms with Gasteiger partial charge in [0.25, 0.3) is 5.91 Å². The quantitative estimate of drug-likeness (QED) is 0.405. The van der Waals surface area contributed by atoms with Crippen molar-refractivity contribution in [1.29, 1.82) is 5.26 Å². The van der Waals surface area contributed by atoms with E-state index < -0.39 is 11.7 Å². The van der Waals surface area contributed by atoms with Crippen LogP contribution in [0.4, 0.5) is 14.5 Å². The van der Waals surface area contributed by atoms with Crippen molar-refractivity contribution in [2.75, 3.05) is 5.32 Å². The number of nitriles is 1. The highest BCUT2D eigenvalue weighted by molar-refractivity contribution is 6.32. The number of amides is 1. The number of anilines is 1. The number of benzene rings is 3. The van der Waals surface area contributed by atoms with Crippen molar-refractivity contribution in [3.8, 4) is 11.8 Å². The van der Waals surface area contributed by atoms with Gasteiger partial charge in [-0.05, 0) is 53.6 Å². The van der Waals surface area contributed by atoms with E-state index in [4.69, 9.17) is 16.3 Å². The standard InChI is InChI=1S/C23H15ClF2N2O2/c24-19-12-16(7-10-22(19)30-14-15-5-8-18(25)9-6-15)11-17(13-27)23(29)28-21-4-2-1-3-20(21)26/h1-12H,14H2,(H,28,29)/b17-11+. The van der Waals surface area contributed by atoms with Crippen LogP contribution in [0.3, 0.4) is 0 Å². The third-order valence-electron chi connectivity index (χ3n) is 4.06. The second-order valence-electron chi connectivity index (χ2n) is 6.21. The fourth-order valence-corrected chi connectivity index (χ4v) is 2.78. The number of hydrogen-bond acceptors (Lipinski definition) is 3. The molecule has 0 saturated carbocycles. The number of hydrogen-bond donors (Lipinski definition) is 1. The van der Waals surface area contributed by atoms with Gasteiger partial charge in [0.2, 0.25) is 0 Å². The molecule has 7 heteroatoms.